The van der Waals surface area contributed by atoms with Gasteiger partial charge in [-0.2, -0.15) is 5.26 Å². The number of hydrogen-bond donors (Lipinski definition) is 1. The summed E-state index contributed by atoms with van der Waals surface area (Å²) < 4.78 is 0. The summed E-state index contributed by atoms with van der Waals surface area (Å²) in [6, 6.07) is 2.50. The minimum absolute atomic E-state index is 0.194. The van der Waals surface area contributed by atoms with E-state index in [9.17, 15) is 5.26 Å². The molecule has 0 spiro atoms. The zero-order valence-electron chi connectivity index (χ0n) is 10.2. The van der Waals surface area contributed by atoms with Crippen LogP contribution in [0.5, 0.6) is 0 Å². The molecule has 0 unspecified atom stereocenters. The highest BCUT2D eigenvalue weighted by molar-refractivity contribution is 5.09. The summed E-state index contributed by atoms with van der Waals surface area (Å²) in [4.78, 5) is 0. The Morgan fingerprint density at radius 2 is 1.93 bits per heavy atom. The SMILES string of the molecule is CCCNC1(C#N)CCC(CCC)CC1. The molecule has 15 heavy (non-hydrogen) atoms. The second-order valence-electron chi connectivity index (χ2n) is 4.85. The molecule has 86 valence electrons. The average Bonchev–Trinajstić information content (AvgIpc) is 2.29. The molecule has 0 aromatic rings. The third-order valence-electron chi connectivity index (χ3n) is 3.58. The number of nitrogens with zero attached hydrogens (tertiary/aromatic N) is 1. The summed E-state index contributed by atoms with van der Waals surface area (Å²) >= 11 is 0. The maximum absolute atomic E-state index is 9.27. The van der Waals surface area contributed by atoms with Gasteiger partial charge in [0.05, 0.1) is 6.07 Å². The van der Waals surface area contributed by atoms with Crippen molar-refractivity contribution in [1.82, 2.24) is 5.32 Å². The fraction of sp³-hybridized carbons (Fsp3) is 0.923. The Labute approximate surface area is 94.1 Å². The summed E-state index contributed by atoms with van der Waals surface area (Å²) in [7, 11) is 0. The first kappa shape index (κ1) is 12.5. The van der Waals surface area contributed by atoms with Crippen LogP contribution in [-0.4, -0.2) is 12.1 Å². The van der Waals surface area contributed by atoms with Gasteiger partial charge in [0.2, 0.25) is 0 Å². The Morgan fingerprint density at radius 3 is 2.40 bits per heavy atom. The molecule has 1 aliphatic carbocycles. The molecule has 1 fully saturated rings. The molecule has 0 bridgehead atoms. The highest BCUT2D eigenvalue weighted by Gasteiger charge is 2.34. The van der Waals surface area contributed by atoms with Gasteiger partial charge in [-0.15, -0.1) is 0 Å². The van der Waals surface area contributed by atoms with Crippen molar-refractivity contribution >= 4 is 0 Å². The van der Waals surface area contributed by atoms with Gasteiger partial charge < -0.3 is 0 Å². The van der Waals surface area contributed by atoms with Gasteiger partial charge >= 0.3 is 0 Å². The summed E-state index contributed by atoms with van der Waals surface area (Å²) in [6.07, 6.45) is 8.31. The molecule has 1 N–H and O–H groups in total. The fourth-order valence-corrected chi connectivity index (χ4v) is 2.56. The summed E-state index contributed by atoms with van der Waals surface area (Å²) in [5.41, 5.74) is -0.194. The molecule has 1 rings (SSSR count). The van der Waals surface area contributed by atoms with Crippen molar-refractivity contribution in [3.8, 4) is 6.07 Å². The van der Waals surface area contributed by atoms with Gasteiger partial charge in [0.15, 0.2) is 0 Å². The predicted octanol–water partition coefficient (Wildman–Crippen LogP) is 3.24. The lowest BCUT2D eigenvalue weighted by atomic mass is 9.76. The molecule has 0 amide bonds. The largest absolute Gasteiger partial charge is 0.299 e. The summed E-state index contributed by atoms with van der Waals surface area (Å²) in [5.74, 6) is 0.875. The van der Waals surface area contributed by atoms with E-state index in [4.69, 9.17) is 0 Å². The molecular weight excluding hydrogens is 184 g/mol. The Hall–Kier alpha value is -0.550. The molecule has 0 aliphatic heterocycles. The van der Waals surface area contributed by atoms with Crippen LogP contribution >= 0.6 is 0 Å². The third-order valence-corrected chi connectivity index (χ3v) is 3.58. The Bertz CT molecular complexity index is 209. The van der Waals surface area contributed by atoms with E-state index in [2.05, 4.69) is 25.2 Å². The minimum atomic E-state index is -0.194. The molecule has 0 atom stereocenters. The quantitative estimate of drug-likeness (QED) is 0.753. The number of nitriles is 1. The molecule has 0 aromatic carbocycles. The zero-order chi connectivity index (χ0) is 11.1. The molecule has 1 saturated carbocycles. The van der Waals surface area contributed by atoms with Crippen LogP contribution in [0.1, 0.15) is 58.8 Å². The molecule has 2 heteroatoms. The topological polar surface area (TPSA) is 35.8 Å². The number of nitrogens with one attached hydrogen (secondary N) is 1. The smallest absolute Gasteiger partial charge is 0.106 e. The monoisotopic (exact) mass is 208 g/mol. The third kappa shape index (κ3) is 3.50. The van der Waals surface area contributed by atoms with E-state index in [0.29, 0.717) is 0 Å². The van der Waals surface area contributed by atoms with E-state index in [1.54, 1.807) is 0 Å². The van der Waals surface area contributed by atoms with Crippen molar-refractivity contribution in [2.45, 2.75) is 64.3 Å². The highest BCUT2D eigenvalue weighted by atomic mass is 15.0. The van der Waals surface area contributed by atoms with Crippen molar-refractivity contribution < 1.29 is 0 Å². The van der Waals surface area contributed by atoms with E-state index < -0.39 is 0 Å². The molecule has 2 nitrogen and oxygen atoms in total. The molecular formula is C13H24N2. The number of rotatable bonds is 5. The predicted molar refractivity (Wildman–Crippen MR) is 63.5 cm³/mol. The zero-order valence-corrected chi connectivity index (χ0v) is 10.2. The van der Waals surface area contributed by atoms with Crippen LogP contribution in [0.2, 0.25) is 0 Å². The second-order valence-corrected chi connectivity index (χ2v) is 4.85. The van der Waals surface area contributed by atoms with Crippen LogP contribution in [0, 0.1) is 17.2 Å². The first-order valence-electron chi connectivity index (χ1n) is 6.42. The minimum Gasteiger partial charge on any atom is -0.299 e. The van der Waals surface area contributed by atoms with Crippen LogP contribution in [0.3, 0.4) is 0 Å². The van der Waals surface area contributed by atoms with Gasteiger partial charge in [-0.1, -0.05) is 26.7 Å². The van der Waals surface area contributed by atoms with Crippen LogP contribution in [-0.2, 0) is 0 Å². The van der Waals surface area contributed by atoms with E-state index >= 15 is 0 Å². The average molecular weight is 208 g/mol. The van der Waals surface area contributed by atoms with Crippen molar-refractivity contribution in [1.29, 1.82) is 5.26 Å². The standard InChI is InChI=1S/C13H24N2/c1-3-5-12-6-8-13(11-14,9-7-12)15-10-4-2/h12,15H,3-10H2,1-2H3. The fourth-order valence-electron chi connectivity index (χ4n) is 2.56. The molecule has 0 saturated heterocycles. The summed E-state index contributed by atoms with van der Waals surface area (Å²) in [5, 5.41) is 12.7. The van der Waals surface area contributed by atoms with Crippen LogP contribution in [0.4, 0.5) is 0 Å². The van der Waals surface area contributed by atoms with Crippen LogP contribution in [0.25, 0.3) is 0 Å². The van der Waals surface area contributed by atoms with Crippen molar-refractivity contribution in [2.75, 3.05) is 6.54 Å². The van der Waals surface area contributed by atoms with Gasteiger partial charge in [-0.3, -0.25) is 5.32 Å². The van der Waals surface area contributed by atoms with Crippen molar-refractivity contribution in [3.63, 3.8) is 0 Å². The van der Waals surface area contributed by atoms with E-state index in [-0.39, 0.29) is 5.54 Å². The Balaban J connectivity index is 2.41. The molecule has 0 heterocycles. The maximum atomic E-state index is 9.27. The van der Waals surface area contributed by atoms with Crippen molar-refractivity contribution in [2.24, 2.45) is 5.92 Å². The first-order valence-corrected chi connectivity index (χ1v) is 6.42. The second kappa shape index (κ2) is 6.12. The van der Waals surface area contributed by atoms with Gasteiger partial charge in [0.25, 0.3) is 0 Å². The Morgan fingerprint density at radius 1 is 1.27 bits per heavy atom. The maximum Gasteiger partial charge on any atom is 0.106 e. The van der Waals surface area contributed by atoms with Gasteiger partial charge in [0.1, 0.15) is 5.54 Å². The van der Waals surface area contributed by atoms with Crippen LogP contribution in [0.15, 0.2) is 0 Å². The lowest BCUT2D eigenvalue weighted by molar-refractivity contribution is 0.230. The number of hydrogen-bond acceptors (Lipinski definition) is 2. The van der Waals surface area contributed by atoms with Gasteiger partial charge in [-0.05, 0) is 44.6 Å². The van der Waals surface area contributed by atoms with Gasteiger partial charge in [0, 0.05) is 0 Å². The lowest BCUT2D eigenvalue weighted by Gasteiger charge is -2.35. The Kier molecular flexibility index (Phi) is 5.11. The molecule has 1 aliphatic rings. The summed E-state index contributed by atoms with van der Waals surface area (Å²) in [6.45, 7) is 5.38. The highest BCUT2D eigenvalue weighted by Crippen LogP contribution is 2.33. The van der Waals surface area contributed by atoms with E-state index in [0.717, 1.165) is 31.7 Å². The first-order chi connectivity index (χ1) is 7.26. The molecule has 0 radical (unpaired) electrons. The lowest BCUT2D eigenvalue weighted by Crippen LogP contribution is -2.47. The van der Waals surface area contributed by atoms with E-state index in [1.807, 2.05) is 0 Å². The van der Waals surface area contributed by atoms with E-state index in [1.165, 1.54) is 25.7 Å². The normalized spacial score (nSPS) is 31.1. The van der Waals surface area contributed by atoms with Crippen molar-refractivity contribution in [3.05, 3.63) is 0 Å². The molecule has 0 aromatic heterocycles. The van der Waals surface area contributed by atoms with Crippen LogP contribution < -0.4 is 5.32 Å². The van der Waals surface area contributed by atoms with Gasteiger partial charge in [-0.25, -0.2) is 0 Å².